The Kier molecular flexibility index (Phi) is 4.39. The molecule has 19 heavy (non-hydrogen) atoms. The van der Waals surface area contributed by atoms with Crippen LogP contribution >= 0.6 is 0 Å². The number of carbonyl (C=O) groups is 2. The Balaban J connectivity index is 1.94. The van der Waals surface area contributed by atoms with Gasteiger partial charge in [-0.25, -0.2) is 0 Å². The Morgan fingerprint density at radius 2 is 1.68 bits per heavy atom. The minimum atomic E-state index is -0.755. The second-order valence-corrected chi connectivity index (χ2v) is 4.54. The van der Waals surface area contributed by atoms with E-state index < -0.39 is 5.92 Å². The molecule has 0 aromatic heterocycles. The molecule has 5 nitrogen and oxygen atoms in total. The maximum Gasteiger partial charge on any atom is 0.255 e. The molecular formula is C14H18N2O3. The van der Waals surface area contributed by atoms with Crippen molar-refractivity contribution >= 4 is 11.8 Å². The molecule has 0 saturated carbocycles. The van der Waals surface area contributed by atoms with Gasteiger partial charge in [0.05, 0.1) is 6.61 Å². The summed E-state index contributed by atoms with van der Waals surface area (Å²) in [6.45, 7) is 2.84. The van der Waals surface area contributed by atoms with Crippen molar-refractivity contribution in [2.24, 2.45) is 0 Å². The van der Waals surface area contributed by atoms with E-state index in [1.807, 2.05) is 0 Å². The summed E-state index contributed by atoms with van der Waals surface area (Å²) in [4.78, 5) is 23.0. The van der Waals surface area contributed by atoms with Crippen LogP contribution in [0.15, 0.2) is 24.3 Å². The molecule has 0 spiro atoms. The van der Waals surface area contributed by atoms with Crippen molar-refractivity contribution in [3.63, 3.8) is 0 Å². The van der Waals surface area contributed by atoms with Crippen LogP contribution in [0.2, 0.25) is 0 Å². The predicted molar refractivity (Wildman–Crippen MR) is 70.5 cm³/mol. The minimum absolute atomic E-state index is 0.318. The van der Waals surface area contributed by atoms with Crippen LogP contribution in [0.1, 0.15) is 37.7 Å². The van der Waals surface area contributed by atoms with Gasteiger partial charge in [-0.05, 0) is 24.1 Å². The van der Waals surface area contributed by atoms with E-state index >= 15 is 0 Å². The van der Waals surface area contributed by atoms with Crippen molar-refractivity contribution in [2.45, 2.75) is 32.1 Å². The van der Waals surface area contributed by atoms with Gasteiger partial charge in [0.2, 0.25) is 0 Å². The molecule has 0 aliphatic carbocycles. The molecule has 1 fully saturated rings. The number of benzene rings is 1. The fourth-order valence-electron chi connectivity index (χ4n) is 1.99. The van der Waals surface area contributed by atoms with Gasteiger partial charge in [-0.1, -0.05) is 31.9 Å². The fraction of sp³-hybridized carbons (Fsp3) is 0.429. The van der Waals surface area contributed by atoms with Crippen LogP contribution < -0.4 is 15.6 Å². The number of amides is 2. The third-order valence-electron chi connectivity index (χ3n) is 3.06. The quantitative estimate of drug-likeness (QED) is 0.603. The van der Waals surface area contributed by atoms with Crippen LogP contribution in [0.3, 0.4) is 0 Å². The van der Waals surface area contributed by atoms with E-state index in [4.69, 9.17) is 4.74 Å². The number of hydrogen-bond donors (Lipinski definition) is 2. The number of nitrogens with one attached hydrogen (secondary N) is 2. The highest BCUT2D eigenvalue weighted by molar-refractivity contribution is 6.10. The lowest BCUT2D eigenvalue weighted by Crippen LogP contribution is -2.28. The summed E-state index contributed by atoms with van der Waals surface area (Å²) in [7, 11) is 0. The monoisotopic (exact) mass is 262 g/mol. The zero-order chi connectivity index (χ0) is 13.7. The van der Waals surface area contributed by atoms with Gasteiger partial charge in [-0.2, -0.15) is 0 Å². The van der Waals surface area contributed by atoms with E-state index in [1.54, 1.807) is 24.3 Å². The summed E-state index contributed by atoms with van der Waals surface area (Å²) in [5.41, 5.74) is 5.30. The first-order valence-electron chi connectivity index (χ1n) is 6.55. The fourth-order valence-corrected chi connectivity index (χ4v) is 1.99. The topological polar surface area (TPSA) is 67.4 Å². The SMILES string of the molecule is CCCCCOc1ccc(C2C(=O)NNC2=O)cc1. The Labute approximate surface area is 112 Å². The molecule has 0 atom stereocenters. The van der Waals surface area contributed by atoms with E-state index in [0.29, 0.717) is 12.2 Å². The van der Waals surface area contributed by atoms with Gasteiger partial charge in [0.25, 0.3) is 11.8 Å². The largest absolute Gasteiger partial charge is 0.494 e. The van der Waals surface area contributed by atoms with Crippen LogP contribution in [-0.2, 0) is 9.59 Å². The van der Waals surface area contributed by atoms with Crippen molar-refractivity contribution in [3.05, 3.63) is 29.8 Å². The van der Waals surface area contributed by atoms with E-state index in [0.717, 1.165) is 25.0 Å². The van der Waals surface area contributed by atoms with E-state index in [2.05, 4.69) is 17.8 Å². The maximum absolute atomic E-state index is 11.5. The standard InChI is InChI=1S/C14H18N2O3/c1-2-3-4-9-19-11-7-5-10(6-8-11)12-13(17)15-16-14(12)18/h5-8,12H,2-4,9H2,1H3,(H,15,17)(H,16,18). The first kappa shape index (κ1) is 13.4. The second-order valence-electron chi connectivity index (χ2n) is 4.54. The van der Waals surface area contributed by atoms with Crippen LogP contribution in [0, 0.1) is 0 Å². The molecule has 1 aromatic carbocycles. The molecule has 102 valence electrons. The molecule has 1 aliphatic heterocycles. The van der Waals surface area contributed by atoms with E-state index in [9.17, 15) is 9.59 Å². The minimum Gasteiger partial charge on any atom is -0.494 e. The number of hydrazine groups is 1. The zero-order valence-corrected chi connectivity index (χ0v) is 10.9. The summed E-state index contributed by atoms with van der Waals surface area (Å²) >= 11 is 0. The smallest absolute Gasteiger partial charge is 0.255 e. The molecule has 0 unspecified atom stereocenters. The van der Waals surface area contributed by atoms with Crippen molar-refractivity contribution in [1.82, 2.24) is 10.9 Å². The molecule has 2 N–H and O–H groups in total. The molecule has 0 bridgehead atoms. The highest BCUT2D eigenvalue weighted by Gasteiger charge is 2.34. The van der Waals surface area contributed by atoms with Crippen LogP contribution in [0.5, 0.6) is 5.75 Å². The van der Waals surface area contributed by atoms with Crippen molar-refractivity contribution in [2.75, 3.05) is 6.61 Å². The molecule has 0 radical (unpaired) electrons. The van der Waals surface area contributed by atoms with Gasteiger partial charge in [-0.3, -0.25) is 20.4 Å². The molecule has 1 aliphatic rings. The van der Waals surface area contributed by atoms with Gasteiger partial charge in [-0.15, -0.1) is 0 Å². The lowest BCUT2D eigenvalue weighted by molar-refractivity contribution is -0.124. The van der Waals surface area contributed by atoms with Crippen molar-refractivity contribution in [1.29, 1.82) is 0 Å². The Morgan fingerprint density at radius 1 is 1.05 bits per heavy atom. The summed E-state index contributed by atoms with van der Waals surface area (Å²) in [5.74, 6) is -0.629. The number of unbranched alkanes of at least 4 members (excludes halogenated alkanes) is 2. The lowest BCUT2D eigenvalue weighted by Gasteiger charge is -2.08. The number of rotatable bonds is 6. The van der Waals surface area contributed by atoms with Crippen LogP contribution in [-0.4, -0.2) is 18.4 Å². The molecule has 1 aromatic rings. The number of carbonyl (C=O) groups excluding carboxylic acids is 2. The average Bonchev–Trinajstić information content (AvgIpc) is 2.75. The first-order valence-corrected chi connectivity index (χ1v) is 6.55. The molecule has 2 amide bonds. The Morgan fingerprint density at radius 3 is 2.26 bits per heavy atom. The molecule has 2 rings (SSSR count). The van der Waals surface area contributed by atoms with Gasteiger partial charge in [0, 0.05) is 0 Å². The summed E-state index contributed by atoms with van der Waals surface area (Å²) in [6.07, 6.45) is 3.35. The van der Waals surface area contributed by atoms with Crippen LogP contribution in [0.4, 0.5) is 0 Å². The predicted octanol–water partition coefficient (Wildman–Crippen LogP) is 1.50. The molecule has 1 saturated heterocycles. The normalized spacial score (nSPS) is 15.2. The maximum atomic E-state index is 11.5. The summed E-state index contributed by atoms with van der Waals surface area (Å²) in [6, 6.07) is 7.09. The third kappa shape index (κ3) is 3.24. The lowest BCUT2D eigenvalue weighted by atomic mass is 9.99. The van der Waals surface area contributed by atoms with E-state index in [-0.39, 0.29) is 11.8 Å². The molecule has 5 heteroatoms. The third-order valence-corrected chi connectivity index (χ3v) is 3.06. The molecular weight excluding hydrogens is 244 g/mol. The first-order chi connectivity index (χ1) is 9.22. The van der Waals surface area contributed by atoms with Gasteiger partial charge in [0.15, 0.2) is 0 Å². The molecule has 1 heterocycles. The van der Waals surface area contributed by atoms with Crippen molar-refractivity contribution in [3.8, 4) is 5.75 Å². The Bertz CT molecular complexity index is 440. The van der Waals surface area contributed by atoms with E-state index in [1.165, 1.54) is 0 Å². The van der Waals surface area contributed by atoms with Gasteiger partial charge in [0.1, 0.15) is 11.7 Å². The number of ether oxygens (including phenoxy) is 1. The highest BCUT2D eigenvalue weighted by atomic mass is 16.5. The summed E-state index contributed by atoms with van der Waals surface area (Å²) in [5, 5.41) is 0. The summed E-state index contributed by atoms with van der Waals surface area (Å²) < 4.78 is 5.58. The van der Waals surface area contributed by atoms with Crippen LogP contribution in [0.25, 0.3) is 0 Å². The Hall–Kier alpha value is -2.04. The average molecular weight is 262 g/mol. The second kappa shape index (κ2) is 6.22. The van der Waals surface area contributed by atoms with Gasteiger partial charge >= 0.3 is 0 Å². The zero-order valence-electron chi connectivity index (χ0n) is 10.9. The highest BCUT2D eigenvalue weighted by Crippen LogP contribution is 2.22. The number of hydrogen-bond acceptors (Lipinski definition) is 3. The van der Waals surface area contributed by atoms with Gasteiger partial charge < -0.3 is 4.74 Å². The van der Waals surface area contributed by atoms with Crippen molar-refractivity contribution < 1.29 is 14.3 Å².